The molecule has 142 valence electrons. The first-order chi connectivity index (χ1) is 12.8. The van der Waals surface area contributed by atoms with Gasteiger partial charge in [0.2, 0.25) is 11.9 Å². The van der Waals surface area contributed by atoms with Crippen molar-refractivity contribution < 1.29 is 9.59 Å². The van der Waals surface area contributed by atoms with Crippen LogP contribution in [-0.4, -0.2) is 50.9 Å². The van der Waals surface area contributed by atoms with Gasteiger partial charge in [-0.3, -0.25) is 9.69 Å². The molecule has 8 nitrogen and oxygen atoms in total. The minimum absolute atomic E-state index is 0.111. The molecule has 1 fully saturated rings. The van der Waals surface area contributed by atoms with Crippen LogP contribution in [0.3, 0.4) is 0 Å². The lowest BCUT2D eigenvalue weighted by molar-refractivity contribution is -0.117. The molecular weight excluding hydrogens is 391 g/mol. The third kappa shape index (κ3) is 4.45. The molecule has 10 heteroatoms. The Balaban J connectivity index is 1.75. The summed E-state index contributed by atoms with van der Waals surface area (Å²) in [5.41, 5.74) is 0. The molecule has 3 heterocycles. The third-order valence-corrected chi connectivity index (χ3v) is 4.60. The van der Waals surface area contributed by atoms with Crippen molar-refractivity contribution in [2.24, 2.45) is 5.92 Å². The van der Waals surface area contributed by atoms with Crippen LogP contribution in [0.1, 0.15) is 13.8 Å². The van der Waals surface area contributed by atoms with E-state index in [1.807, 2.05) is 13.8 Å². The number of hydrogen-bond donors (Lipinski definition) is 1. The van der Waals surface area contributed by atoms with Crippen LogP contribution in [0.15, 0.2) is 30.7 Å². The number of halogens is 2. The van der Waals surface area contributed by atoms with Gasteiger partial charge in [-0.1, -0.05) is 37.0 Å². The molecule has 1 aliphatic rings. The fraction of sp³-hybridized carbons (Fsp3) is 0.353. The van der Waals surface area contributed by atoms with Gasteiger partial charge in [0.05, 0.1) is 30.0 Å². The summed E-state index contributed by atoms with van der Waals surface area (Å²) in [7, 11) is 0. The van der Waals surface area contributed by atoms with Gasteiger partial charge in [0, 0.05) is 11.2 Å². The fourth-order valence-electron chi connectivity index (χ4n) is 2.84. The van der Waals surface area contributed by atoms with Crippen LogP contribution in [0, 0.1) is 5.92 Å². The Kier molecular flexibility index (Phi) is 5.76. The molecule has 0 aliphatic carbocycles. The summed E-state index contributed by atoms with van der Waals surface area (Å²) in [6.45, 7) is 4.27. The topological polar surface area (TPSA) is 91.3 Å². The van der Waals surface area contributed by atoms with E-state index in [0.717, 1.165) is 0 Å². The fourth-order valence-corrected chi connectivity index (χ4v) is 3.10. The van der Waals surface area contributed by atoms with Crippen LogP contribution in [0.25, 0.3) is 0 Å². The normalized spacial score (nSPS) is 16.9. The van der Waals surface area contributed by atoms with Crippen LogP contribution in [0.4, 0.5) is 16.6 Å². The second kappa shape index (κ2) is 8.06. The minimum Gasteiger partial charge on any atom is -0.310 e. The zero-order chi connectivity index (χ0) is 19.6. The van der Waals surface area contributed by atoms with Crippen LogP contribution in [0.2, 0.25) is 10.0 Å². The van der Waals surface area contributed by atoms with Crippen LogP contribution < -0.4 is 10.2 Å². The van der Waals surface area contributed by atoms with Gasteiger partial charge < -0.3 is 10.2 Å². The molecular formula is C17H18Cl2N6O2. The SMILES string of the molecule is CC(C)[C@H]1CN(c2ncc(Cl)cn2)C(=O)N1CC(=O)Nc1cc(Cl)ccn1. The van der Waals surface area contributed by atoms with E-state index in [9.17, 15) is 9.59 Å². The Morgan fingerprint density at radius 3 is 2.59 bits per heavy atom. The van der Waals surface area contributed by atoms with Crippen molar-refractivity contribution in [2.75, 3.05) is 23.3 Å². The first-order valence-corrected chi connectivity index (χ1v) is 9.08. The predicted molar refractivity (Wildman–Crippen MR) is 103 cm³/mol. The number of nitrogens with one attached hydrogen (secondary N) is 1. The molecule has 0 aromatic carbocycles. The summed E-state index contributed by atoms with van der Waals surface area (Å²) in [5.74, 6) is 0.374. The number of carbonyl (C=O) groups excluding carboxylic acids is 2. The number of rotatable bonds is 5. The number of carbonyl (C=O) groups is 2. The highest BCUT2D eigenvalue weighted by molar-refractivity contribution is 6.31. The Hall–Kier alpha value is -2.45. The van der Waals surface area contributed by atoms with Gasteiger partial charge in [-0.2, -0.15) is 0 Å². The first-order valence-electron chi connectivity index (χ1n) is 8.32. The largest absolute Gasteiger partial charge is 0.327 e. The molecule has 0 bridgehead atoms. The summed E-state index contributed by atoms with van der Waals surface area (Å²) in [4.78, 5) is 40.5. The molecule has 0 spiro atoms. The van der Waals surface area contributed by atoms with Gasteiger partial charge in [-0.15, -0.1) is 0 Å². The van der Waals surface area contributed by atoms with Gasteiger partial charge in [0.25, 0.3) is 0 Å². The molecule has 1 N–H and O–H groups in total. The number of nitrogens with zero attached hydrogens (tertiary/aromatic N) is 5. The van der Waals surface area contributed by atoms with Crippen molar-refractivity contribution in [1.82, 2.24) is 19.9 Å². The van der Waals surface area contributed by atoms with E-state index in [1.165, 1.54) is 28.4 Å². The van der Waals surface area contributed by atoms with E-state index in [0.29, 0.717) is 22.4 Å². The lowest BCUT2D eigenvalue weighted by Crippen LogP contribution is -2.43. The van der Waals surface area contributed by atoms with Gasteiger partial charge in [-0.05, 0) is 18.1 Å². The molecule has 3 rings (SSSR count). The molecule has 0 unspecified atom stereocenters. The number of amides is 3. The zero-order valence-corrected chi connectivity index (χ0v) is 16.3. The van der Waals surface area contributed by atoms with E-state index in [4.69, 9.17) is 23.2 Å². The maximum Gasteiger partial charge on any atom is 0.327 e. The smallest absolute Gasteiger partial charge is 0.310 e. The van der Waals surface area contributed by atoms with Gasteiger partial charge in [0.1, 0.15) is 12.4 Å². The Labute approximate surface area is 166 Å². The molecule has 0 radical (unpaired) electrons. The van der Waals surface area contributed by atoms with Gasteiger partial charge in [-0.25, -0.2) is 19.7 Å². The van der Waals surface area contributed by atoms with Crippen LogP contribution in [0.5, 0.6) is 0 Å². The zero-order valence-electron chi connectivity index (χ0n) is 14.8. The van der Waals surface area contributed by atoms with Crippen molar-refractivity contribution in [3.63, 3.8) is 0 Å². The maximum atomic E-state index is 12.9. The Morgan fingerprint density at radius 1 is 1.26 bits per heavy atom. The average molecular weight is 409 g/mol. The van der Waals surface area contributed by atoms with E-state index in [2.05, 4.69) is 20.3 Å². The highest BCUT2D eigenvalue weighted by atomic mass is 35.5. The minimum atomic E-state index is -0.359. The van der Waals surface area contributed by atoms with E-state index in [-0.39, 0.29) is 36.4 Å². The summed E-state index contributed by atoms with van der Waals surface area (Å²) < 4.78 is 0. The van der Waals surface area contributed by atoms with E-state index < -0.39 is 0 Å². The number of hydrogen-bond acceptors (Lipinski definition) is 5. The summed E-state index contributed by atoms with van der Waals surface area (Å²) in [5, 5.41) is 3.50. The van der Waals surface area contributed by atoms with E-state index >= 15 is 0 Å². The summed E-state index contributed by atoms with van der Waals surface area (Å²) in [6, 6.07) is 2.67. The second-order valence-corrected chi connectivity index (χ2v) is 7.31. The average Bonchev–Trinajstić information content (AvgIpc) is 2.92. The molecule has 1 atom stereocenters. The lowest BCUT2D eigenvalue weighted by Gasteiger charge is -2.25. The third-order valence-electron chi connectivity index (χ3n) is 4.17. The maximum absolute atomic E-state index is 12.9. The number of urea groups is 1. The number of anilines is 2. The van der Waals surface area contributed by atoms with Crippen molar-refractivity contribution in [1.29, 1.82) is 0 Å². The molecule has 1 saturated heterocycles. The highest BCUT2D eigenvalue weighted by Crippen LogP contribution is 2.25. The summed E-state index contributed by atoms with van der Waals surface area (Å²) >= 11 is 11.7. The number of aromatic nitrogens is 3. The lowest BCUT2D eigenvalue weighted by atomic mass is 10.0. The van der Waals surface area contributed by atoms with E-state index in [1.54, 1.807) is 12.1 Å². The standard InChI is InChI=1S/C17H18Cl2N6O2/c1-10(2)13-8-25(16-21-6-12(19)7-22-16)17(27)24(13)9-15(26)23-14-5-11(18)3-4-20-14/h3-7,10,13H,8-9H2,1-2H3,(H,20,23,26)/t13-/m1/s1. The highest BCUT2D eigenvalue weighted by Gasteiger charge is 2.41. The summed E-state index contributed by atoms with van der Waals surface area (Å²) in [6.07, 6.45) is 4.36. The van der Waals surface area contributed by atoms with Crippen molar-refractivity contribution in [3.8, 4) is 0 Å². The molecule has 3 amide bonds. The van der Waals surface area contributed by atoms with Gasteiger partial charge in [0.15, 0.2) is 0 Å². The number of pyridine rings is 1. The molecule has 2 aromatic rings. The van der Waals surface area contributed by atoms with Crippen LogP contribution >= 0.6 is 23.2 Å². The van der Waals surface area contributed by atoms with Crippen LogP contribution in [-0.2, 0) is 4.79 Å². The second-order valence-electron chi connectivity index (χ2n) is 6.44. The predicted octanol–water partition coefficient (Wildman–Crippen LogP) is 3.08. The molecule has 1 aliphatic heterocycles. The van der Waals surface area contributed by atoms with Crippen molar-refractivity contribution in [2.45, 2.75) is 19.9 Å². The first kappa shape index (κ1) is 19.3. The molecule has 0 saturated carbocycles. The van der Waals surface area contributed by atoms with Crippen molar-refractivity contribution >= 4 is 46.9 Å². The monoisotopic (exact) mass is 408 g/mol. The molecule has 2 aromatic heterocycles. The van der Waals surface area contributed by atoms with Crippen molar-refractivity contribution in [3.05, 3.63) is 40.8 Å². The Bertz CT molecular complexity index is 846. The Morgan fingerprint density at radius 2 is 1.96 bits per heavy atom. The molecule has 27 heavy (non-hydrogen) atoms. The van der Waals surface area contributed by atoms with Gasteiger partial charge >= 0.3 is 6.03 Å². The quantitative estimate of drug-likeness (QED) is 0.820.